The first-order chi connectivity index (χ1) is 6.38. The molecule has 0 aliphatic carbocycles. The second kappa shape index (κ2) is 3.67. The van der Waals surface area contributed by atoms with E-state index in [4.69, 9.17) is 0 Å². The molecule has 0 radical (unpaired) electrons. The third kappa shape index (κ3) is 1.93. The van der Waals surface area contributed by atoms with Crippen LogP contribution in [0.4, 0.5) is 4.53 Å². The second-order valence-electron chi connectivity index (χ2n) is 3.24. The fourth-order valence-corrected chi connectivity index (χ4v) is 2.56. The van der Waals surface area contributed by atoms with E-state index in [0.717, 1.165) is 5.56 Å². The SMILES string of the molecule is Cc1cc(C)c(S(=O)(=O)OF)c(C)c1. The van der Waals surface area contributed by atoms with Gasteiger partial charge in [-0.05, 0) is 36.4 Å². The standard InChI is InChI=1S/C9H11FO3S/c1-6-4-7(2)9(8(3)5-6)14(11,12)13-10/h4-5H,1-3H3. The summed E-state index contributed by atoms with van der Waals surface area (Å²) in [6, 6.07) is 3.33. The Hall–Kier alpha value is -0.940. The number of hydrogen-bond acceptors (Lipinski definition) is 3. The molecule has 0 aliphatic heterocycles. The highest BCUT2D eigenvalue weighted by atomic mass is 32.2. The van der Waals surface area contributed by atoms with Gasteiger partial charge in [-0.3, -0.25) is 0 Å². The molecule has 0 saturated carbocycles. The summed E-state index contributed by atoms with van der Waals surface area (Å²) in [5.74, 6) is 0. The van der Waals surface area contributed by atoms with Gasteiger partial charge in [0.05, 0.1) is 0 Å². The molecule has 3 nitrogen and oxygen atoms in total. The zero-order valence-electron chi connectivity index (χ0n) is 8.17. The molecule has 0 spiro atoms. The van der Waals surface area contributed by atoms with Crippen LogP contribution in [0.15, 0.2) is 17.0 Å². The van der Waals surface area contributed by atoms with Crippen LogP contribution in [-0.2, 0) is 14.5 Å². The van der Waals surface area contributed by atoms with Crippen LogP contribution in [0.2, 0.25) is 0 Å². The highest BCUT2D eigenvalue weighted by molar-refractivity contribution is 7.86. The second-order valence-corrected chi connectivity index (χ2v) is 4.69. The van der Waals surface area contributed by atoms with Gasteiger partial charge in [0.15, 0.2) is 0 Å². The Morgan fingerprint density at radius 1 is 1.14 bits per heavy atom. The molecule has 0 aromatic heterocycles. The summed E-state index contributed by atoms with van der Waals surface area (Å²) in [6.45, 7) is 5.05. The maximum absolute atomic E-state index is 11.8. The molecule has 0 aliphatic rings. The van der Waals surface area contributed by atoms with Gasteiger partial charge in [-0.2, -0.15) is 8.42 Å². The highest BCUT2D eigenvalue weighted by Crippen LogP contribution is 2.23. The van der Waals surface area contributed by atoms with Crippen LogP contribution < -0.4 is 0 Å². The first-order valence-electron chi connectivity index (χ1n) is 4.01. The Labute approximate surface area is 82.5 Å². The lowest BCUT2D eigenvalue weighted by Crippen LogP contribution is -2.05. The number of rotatable bonds is 2. The third-order valence-electron chi connectivity index (χ3n) is 1.94. The van der Waals surface area contributed by atoms with Crippen LogP contribution in [0.1, 0.15) is 16.7 Å². The van der Waals surface area contributed by atoms with E-state index in [1.807, 2.05) is 6.92 Å². The molecule has 14 heavy (non-hydrogen) atoms. The monoisotopic (exact) mass is 218 g/mol. The Bertz CT molecular complexity index is 428. The van der Waals surface area contributed by atoms with Crippen molar-refractivity contribution in [3.63, 3.8) is 0 Å². The van der Waals surface area contributed by atoms with Gasteiger partial charge in [0.25, 0.3) is 0 Å². The van der Waals surface area contributed by atoms with E-state index >= 15 is 0 Å². The number of hydrogen-bond donors (Lipinski definition) is 0. The van der Waals surface area contributed by atoms with E-state index in [2.05, 4.69) is 4.39 Å². The summed E-state index contributed by atoms with van der Waals surface area (Å²) >= 11 is 0. The van der Waals surface area contributed by atoms with Crippen molar-refractivity contribution in [3.8, 4) is 0 Å². The van der Waals surface area contributed by atoms with E-state index in [9.17, 15) is 12.9 Å². The van der Waals surface area contributed by atoms with E-state index in [-0.39, 0.29) is 4.90 Å². The molecule has 0 unspecified atom stereocenters. The summed E-state index contributed by atoms with van der Waals surface area (Å²) in [4.78, 5) is -0.0920. The smallest absolute Gasteiger partial charge is 0.191 e. The Kier molecular flexibility index (Phi) is 2.92. The largest absolute Gasteiger partial charge is 0.327 e. The van der Waals surface area contributed by atoms with E-state index in [1.54, 1.807) is 26.0 Å². The van der Waals surface area contributed by atoms with Crippen molar-refractivity contribution in [2.45, 2.75) is 25.7 Å². The van der Waals surface area contributed by atoms with Crippen molar-refractivity contribution in [2.24, 2.45) is 0 Å². The number of halogens is 1. The van der Waals surface area contributed by atoms with Crippen molar-refractivity contribution >= 4 is 10.1 Å². The van der Waals surface area contributed by atoms with Gasteiger partial charge in [-0.15, -0.1) is 0 Å². The Balaban J connectivity index is 3.51. The minimum Gasteiger partial charge on any atom is -0.191 e. The zero-order chi connectivity index (χ0) is 10.9. The van der Waals surface area contributed by atoms with Gasteiger partial charge in [-0.1, -0.05) is 22.1 Å². The molecular formula is C9H11FO3S. The molecule has 0 saturated heterocycles. The topological polar surface area (TPSA) is 43.4 Å². The summed E-state index contributed by atoms with van der Waals surface area (Å²) in [6.07, 6.45) is 0. The van der Waals surface area contributed by atoms with Gasteiger partial charge in [0, 0.05) is 0 Å². The van der Waals surface area contributed by atoms with Crippen molar-refractivity contribution in [2.75, 3.05) is 0 Å². The van der Waals surface area contributed by atoms with E-state index in [0.29, 0.717) is 11.1 Å². The molecule has 0 bridgehead atoms. The molecule has 0 fully saturated rings. The van der Waals surface area contributed by atoms with Crippen molar-refractivity contribution in [3.05, 3.63) is 28.8 Å². The minimum atomic E-state index is -4.24. The number of aryl methyl sites for hydroxylation is 3. The molecule has 0 heterocycles. The lowest BCUT2D eigenvalue weighted by atomic mass is 10.1. The predicted octanol–water partition coefficient (Wildman–Crippen LogP) is 2.20. The van der Waals surface area contributed by atoms with Gasteiger partial charge < -0.3 is 0 Å². The summed E-state index contributed by atoms with van der Waals surface area (Å²) in [5.41, 5.74) is 1.90. The fourth-order valence-electron chi connectivity index (χ4n) is 1.59. The van der Waals surface area contributed by atoms with Crippen LogP contribution in [0, 0.1) is 20.8 Å². The van der Waals surface area contributed by atoms with E-state index < -0.39 is 10.1 Å². The van der Waals surface area contributed by atoms with Gasteiger partial charge in [0.1, 0.15) is 4.90 Å². The van der Waals surface area contributed by atoms with Crippen LogP contribution in [-0.4, -0.2) is 8.42 Å². The van der Waals surface area contributed by atoms with Crippen molar-refractivity contribution in [1.82, 2.24) is 0 Å². The lowest BCUT2D eigenvalue weighted by Gasteiger charge is -2.08. The predicted molar refractivity (Wildman–Crippen MR) is 50.0 cm³/mol. The minimum absolute atomic E-state index is 0.0920. The van der Waals surface area contributed by atoms with Gasteiger partial charge in [-0.25, -0.2) is 0 Å². The molecule has 1 aromatic rings. The molecule has 1 aromatic carbocycles. The molecule has 5 heteroatoms. The van der Waals surface area contributed by atoms with Crippen LogP contribution in [0.3, 0.4) is 0 Å². The summed E-state index contributed by atoms with van der Waals surface area (Å²) < 4.78 is 37.1. The summed E-state index contributed by atoms with van der Waals surface area (Å²) in [7, 11) is -4.24. The van der Waals surface area contributed by atoms with Crippen molar-refractivity contribution < 1.29 is 17.3 Å². The van der Waals surface area contributed by atoms with Gasteiger partial charge in [0.2, 0.25) is 0 Å². The Morgan fingerprint density at radius 3 is 1.93 bits per heavy atom. The fraction of sp³-hybridized carbons (Fsp3) is 0.333. The molecule has 1 rings (SSSR count). The highest BCUT2D eigenvalue weighted by Gasteiger charge is 2.21. The Morgan fingerprint density at radius 2 is 1.57 bits per heavy atom. The molecule has 0 amide bonds. The third-order valence-corrected chi connectivity index (χ3v) is 3.25. The van der Waals surface area contributed by atoms with Crippen LogP contribution >= 0.6 is 0 Å². The molecule has 0 N–H and O–H groups in total. The lowest BCUT2D eigenvalue weighted by molar-refractivity contribution is 0.00274. The quantitative estimate of drug-likeness (QED) is 0.764. The van der Waals surface area contributed by atoms with Gasteiger partial charge >= 0.3 is 10.1 Å². The zero-order valence-corrected chi connectivity index (χ0v) is 8.98. The van der Waals surface area contributed by atoms with E-state index in [1.165, 1.54) is 0 Å². The number of benzene rings is 1. The maximum atomic E-state index is 11.8. The average molecular weight is 218 g/mol. The van der Waals surface area contributed by atoms with Crippen LogP contribution in [0.5, 0.6) is 0 Å². The maximum Gasteiger partial charge on any atom is 0.327 e. The first-order valence-corrected chi connectivity index (χ1v) is 5.42. The molecule has 0 atom stereocenters. The molecule has 78 valence electrons. The average Bonchev–Trinajstić information content (AvgIpc) is 2.01. The first kappa shape index (κ1) is 11.1. The van der Waals surface area contributed by atoms with Crippen LogP contribution in [0.25, 0.3) is 0 Å². The normalized spacial score (nSPS) is 11.7. The van der Waals surface area contributed by atoms with Crippen molar-refractivity contribution in [1.29, 1.82) is 0 Å². The molecular weight excluding hydrogens is 207 g/mol. The summed E-state index contributed by atoms with van der Waals surface area (Å²) in [5, 5.41) is 0.